The van der Waals surface area contributed by atoms with Gasteiger partial charge in [-0.3, -0.25) is 0 Å². The van der Waals surface area contributed by atoms with Crippen LogP contribution in [0.2, 0.25) is 0 Å². The molecule has 0 heteroatoms. The molecule has 0 amide bonds. The third-order valence-corrected chi connectivity index (χ3v) is 2.08. The van der Waals surface area contributed by atoms with Gasteiger partial charge in [0.1, 0.15) is 0 Å². The lowest BCUT2D eigenvalue weighted by atomic mass is 10.1. The maximum Gasteiger partial charge on any atom is 0.0573 e. The number of allylic oxidation sites excluding steroid dienone is 1. The van der Waals surface area contributed by atoms with E-state index in [9.17, 15) is 0 Å². The van der Waals surface area contributed by atoms with E-state index in [0.29, 0.717) is 6.05 Å². The van der Waals surface area contributed by atoms with E-state index < -0.39 is 0 Å². The van der Waals surface area contributed by atoms with Crippen LogP contribution in [0.5, 0.6) is 0 Å². The maximum atomic E-state index is 7.38. The summed E-state index contributed by atoms with van der Waals surface area (Å²) in [6, 6.07) is 15.1. The molecule has 0 saturated heterocycles. The highest BCUT2D eigenvalue weighted by Crippen LogP contribution is 2.16. The SMILES string of the molecule is [2H]/C(C)=C\c1ccc2ccccc2c1. The molecule has 0 aliphatic rings. The predicted octanol–water partition coefficient (Wildman–Crippen LogP) is 3.87. The van der Waals surface area contributed by atoms with Gasteiger partial charge in [-0.15, -0.1) is 0 Å². The average molecular weight is 169 g/mol. The zero-order valence-corrected chi connectivity index (χ0v) is 7.62. The highest BCUT2D eigenvalue weighted by molar-refractivity contribution is 5.84. The molecule has 0 atom stereocenters. The van der Waals surface area contributed by atoms with Crippen LogP contribution in [0, 0.1) is 0 Å². The number of hydrogen-bond acceptors (Lipinski definition) is 0. The summed E-state index contributed by atoms with van der Waals surface area (Å²) in [4.78, 5) is 0. The van der Waals surface area contributed by atoms with E-state index in [1.165, 1.54) is 10.8 Å². The zero-order valence-electron chi connectivity index (χ0n) is 8.62. The van der Waals surface area contributed by atoms with Crippen LogP contribution in [-0.4, -0.2) is 0 Å². The molecule has 13 heavy (non-hydrogen) atoms. The maximum absolute atomic E-state index is 7.38. The van der Waals surface area contributed by atoms with E-state index in [-0.39, 0.29) is 0 Å². The minimum absolute atomic E-state index is 0.584. The molecule has 0 bridgehead atoms. The first kappa shape index (κ1) is 6.90. The molecule has 0 aromatic heterocycles. The second-order valence-electron chi connectivity index (χ2n) is 3.04. The minimum Gasteiger partial charge on any atom is -0.0871 e. The number of hydrogen-bond donors (Lipinski definition) is 0. The Morgan fingerprint density at radius 3 is 2.62 bits per heavy atom. The average Bonchev–Trinajstić information content (AvgIpc) is 2.17. The Hall–Kier alpha value is -1.56. The van der Waals surface area contributed by atoms with Gasteiger partial charge in [-0.25, -0.2) is 0 Å². The van der Waals surface area contributed by atoms with Crippen LogP contribution in [0.3, 0.4) is 0 Å². The summed E-state index contributed by atoms with van der Waals surface area (Å²) < 4.78 is 7.38. The summed E-state index contributed by atoms with van der Waals surface area (Å²) in [7, 11) is 0. The van der Waals surface area contributed by atoms with Crippen molar-refractivity contribution in [3.05, 3.63) is 54.1 Å². The van der Waals surface area contributed by atoms with E-state index in [1.807, 2.05) is 24.3 Å². The van der Waals surface area contributed by atoms with Crippen molar-refractivity contribution in [2.45, 2.75) is 6.92 Å². The van der Waals surface area contributed by atoms with Crippen LogP contribution >= 0.6 is 0 Å². The van der Waals surface area contributed by atoms with Gasteiger partial charge in [-0.1, -0.05) is 48.5 Å². The molecule has 2 aromatic carbocycles. The standard InChI is InChI=1S/C13H12/c1-2-5-11-8-9-12-6-3-4-7-13(12)10-11/h2-10H,1H3/b5-2+/i2D. The van der Waals surface area contributed by atoms with E-state index in [2.05, 4.69) is 24.3 Å². The Bertz CT molecular complexity index is 479. The number of fused-ring (bicyclic) bond motifs is 1. The summed E-state index contributed by atoms with van der Waals surface area (Å²) >= 11 is 0. The lowest BCUT2D eigenvalue weighted by Crippen LogP contribution is -1.74. The molecular formula is C13H12. The van der Waals surface area contributed by atoms with Crippen LogP contribution in [-0.2, 0) is 0 Å². The monoisotopic (exact) mass is 169 g/mol. The van der Waals surface area contributed by atoms with Gasteiger partial charge >= 0.3 is 0 Å². The molecule has 0 unspecified atom stereocenters. The smallest absolute Gasteiger partial charge is 0.0573 e. The van der Waals surface area contributed by atoms with Crippen molar-refractivity contribution >= 4 is 16.8 Å². The molecular weight excluding hydrogens is 156 g/mol. The molecule has 0 fully saturated rings. The van der Waals surface area contributed by atoms with E-state index in [0.717, 1.165) is 5.56 Å². The van der Waals surface area contributed by atoms with Crippen LogP contribution < -0.4 is 0 Å². The number of rotatable bonds is 1. The summed E-state index contributed by atoms with van der Waals surface area (Å²) in [6.07, 6.45) is 1.87. The Kier molecular flexibility index (Phi) is 1.83. The fraction of sp³-hybridized carbons (Fsp3) is 0.0769. The lowest BCUT2D eigenvalue weighted by molar-refractivity contribution is 1.68. The summed E-state index contributed by atoms with van der Waals surface area (Å²) in [5, 5.41) is 2.47. The van der Waals surface area contributed by atoms with Crippen LogP contribution in [0.4, 0.5) is 0 Å². The van der Waals surface area contributed by atoms with Crippen molar-refractivity contribution < 1.29 is 1.37 Å². The summed E-state index contributed by atoms with van der Waals surface area (Å²) in [5.41, 5.74) is 1.09. The zero-order chi connectivity index (χ0) is 9.97. The van der Waals surface area contributed by atoms with Gasteiger partial charge in [0.25, 0.3) is 0 Å². The normalized spacial score (nSPS) is 13.0. The van der Waals surface area contributed by atoms with E-state index in [1.54, 1.807) is 6.92 Å². The fourth-order valence-corrected chi connectivity index (χ4v) is 1.46. The van der Waals surface area contributed by atoms with Gasteiger partial charge in [0.2, 0.25) is 0 Å². The van der Waals surface area contributed by atoms with Crippen molar-refractivity contribution in [1.82, 2.24) is 0 Å². The van der Waals surface area contributed by atoms with Crippen molar-refractivity contribution in [2.24, 2.45) is 0 Å². The Morgan fingerprint density at radius 1 is 1.08 bits per heavy atom. The molecule has 0 spiro atoms. The molecule has 0 N–H and O–H groups in total. The fourth-order valence-electron chi connectivity index (χ4n) is 1.46. The lowest BCUT2D eigenvalue weighted by Gasteiger charge is -1.98. The largest absolute Gasteiger partial charge is 0.0871 e. The second kappa shape index (κ2) is 3.44. The van der Waals surface area contributed by atoms with Crippen molar-refractivity contribution in [3.63, 3.8) is 0 Å². The highest BCUT2D eigenvalue weighted by atomic mass is 14.0. The Morgan fingerprint density at radius 2 is 1.85 bits per heavy atom. The third-order valence-electron chi connectivity index (χ3n) is 2.08. The molecule has 0 heterocycles. The van der Waals surface area contributed by atoms with Gasteiger partial charge in [0.05, 0.1) is 1.37 Å². The molecule has 0 saturated carbocycles. The van der Waals surface area contributed by atoms with Crippen molar-refractivity contribution in [2.75, 3.05) is 0 Å². The molecule has 0 aliphatic heterocycles. The highest BCUT2D eigenvalue weighted by Gasteiger charge is 1.91. The summed E-state index contributed by atoms with van der Waals surface area (Å²) in [5.74, 6) is 0. The predicted molar refractivity (Wildman–Crippen MR) is 58.7 cm³/mol. The third kappa shape index (κ3) is 1.62. The molecule has 64 valence electrons. The van der Waals surface area contributed by atoms with Crippen LogP contribution in [0.15, 0.2) is 48.5 Å². The Balaban J connectivity index is 2.57. The van der Waals surface area contributed by atoms with E-state index >= 15 is 0 Å². The van der Waals surface area contributed by atoms with Crippen molar-refractivity contribution in [3.8, 4) is 0 Å². The molecule has 0 radical (unpaired) electrons. The molecule has 0 nitrogen and oxygen atoms in total. The van der Waals surface area contributed by atoms with Crippen LogP contribution in [0.25, 0.3) is 16.8 Å². The minimum atomic E-state index is 0.584. The summed E-state index contributed by atoms with van der Waals surface area (Å²) in [6.45, 7) is 1.79. The van der Waals surface area contributed by atoms with Crippen molar-refractivity contribution in [1.29, 1.82) is 0 Å². The molecule has 2 aromatic rings. The van der Waals surface area contributed by atoms with Gasteiger partial charge < -0.3 is 0 Å². The first-order chi connectivity index (χ1) is 6.75. The van der Waals surface area contributed by atoms with E-state index in [4.69, 9.17) is 1.37 Å². The topological polar surface area (TPSA) is 0 Å². The quantitative estimate of drug-likeness (QED) is 0.607. The van der Waals surface area contributed by atoms with Gasteiger partial charge in [-0.05, 0) is 29.3 Å². The van der Waals surface area contributed by atoms with Gasteiger partial charge in [-0.2, -0.15) is 0 Å². The first-order valence-electron chi connectivity index (χ1n) is 4.89. The van der Waals surface area contributed by atoms with Gasteiger partial charge in [0, 0.05) is 0 Å². The molecule has 0 aliphatic carbocycles. The number of benzene rings is 2. The van der Waals surface area contributed by atoms with Crippen LogP contribution in [0.1, 0.15) is 13.9 Å². The molecule has 2 rings (SSSR count). The first-order valence-corrected chi connectivity index (χ1v) is 4.39. The van der Waals surface area contributed by atoms with Gasteiger partial charge in [0.15, 0.2) is 0 Å². The second-order valence-corrected chi connectivity index (χ2v) is 3.04. The Labute approximate surface area is 79.9 Å².